The average Bonchev–Trinajstić information content (AvgIpc) is 1.62. The topological polar surface area (TPSA) is 327 Å². The first-order chi connectivity index (χ1) is 56.9. The quantitative estimate of drug-likeness (QED) is 0.0266. The molecule has 0 atom stereocenters. The van der Waals surface area contributed by atoms with Crippen molar-refractivity contribution >= 4 is 114 Å². The number of nitrogens with one attached hydrogen (secondary N) is 5. The van der Waals surface area contributed by atoms with Crippen molar-refractivity contribution in [2.75, 3.05) is 106 Å². The molecule has 5 aliphatic heterocycles. The molecule has 14 rings (SSSR count). The van der Waals surface area contributed by atoms with Crippen LogP contribution in [0.15, 0.2) is 146 Å². The van der Waals surface area contributed by atoms with Gasteiger partial charge in [-0.2, -0.15) is 0 Å². The van der Waals surface area contributed by atoms with Crippen molar-refractivity contribution in [3.63, 3.8) is 0 Å². The van der Waals surface area contributed by atoms with Crippen molar-refractivity contribution in [3.8, 4) is 33.4 Å². The Morgan fingerprint density at radius 1 is 0.504 bits per heavy atom. The van der Waals surface area contributed by atoms with Crippen molar-refractivity contribution in [2.45, 2.75) is 159 Å². The van der Waals surface area contributed by atoms with Crippen LogP contribution in [-0.2, 0) is 81.0 Å². The summed E-state index contributed by atoms with van der Waals surface area (Å²) in [5.74, 6) is 0.497. The summed E-state index contributed by atoms with van der Waals surface area (Å²) in [6, 6.07) is 34.2. The van der Waals surface area contributed by atoms with Gasteiger partial charge in [0.25, 0.3) is 17.7 Å². The number of aromatic nitrogens is 6. The number of hydrogen-bond acceptors (Lipinski definition) is 20. The molecule has 1 spiro atoms. The minimum atomic E-state index is -0.933. The lowest BCUT2D eigenvalue weighted by molar-refractivity contribution is -0.288. The van der Waals surface area contributed by atoms with E-state index in [1.54, 1.807) is 46.4 Å². The second-order valence-corrected chi connectivity index (χ2v) is 34.7. The first-order valence-corrected chi connectivity index (χ1v) is 43.1. The fourth-order valence-electron chi connectivity index (χ4n) is 13.9. The number of carbonyl (C=O) groups excluding carboxylic acids is 3. The molecule has 11 heterocycles. The number of benzene rings is 3. The number of carbonyl (C=O) groups is 3. The first kappa shape index (κ1) is 98.9. The highest BCUT2D eigenvalue weighted by Crippen LogP contribution is 2.41. The molecule has 6 aromatic heterocycles. The Kier molecular flexibility index (Phi) is 37.1. The number of H-pyrrole nitrogens is 1. The van der Waals surface area contributed by atoms with Gasteiger partial charge in [0, 0.05) is 151 Å². The zero-order valence-corrected chi connectivity index (χ0v) is 75.7. The molecule has 0 unspecified atom stereocenters. The van der Waals surface area contributed by atoms with E-state index in [1.165, 1.54) is 0 Å². The molecule has 3 amide bonds. The number of amides is 3. The van der Waals surface area contributed by atoms with Crippen molar-refractivity contribution in [2.24, 2.45) is 16.2 Å². The van der Waals surface area contributed by atoms with Crippen molar-refractivity contribution < 1.29 is 68.3 Å². The van der Waals surface area contributed by atoms with E-state index in [2.05, 4.69) is 73.1 Å². The number of alkyl halides is 2. The zero-order chi connectivity index (χ0) is 85.8. The fraction of sp³-hybridized carbons (Fsp3) is 0.461. The molecule has 0 radical (unpaired) electrons. The monoisotopic (exact) mass is 1870 g/mol. The molecule has 0 bridgehead atoms. The van der Waals surface area contributed by atoms with E-state index in [0.717, 1.165) is 129 Å². The van der Waals surface area contributed by atoms with Gasteiger partial charge in [-0.05, 0) is 139 Å². The summed E-state index contributed by atoms with van der Waals surface area (Å²) in [4.78, 5) is 59.7. The highest BCUT2D eigenvalue weighted by molar-refractivity contribution is 9.09. The summed E-state index contributed by atoms with van der Waals surface area (Å²) < 4.78 is 37.1. The van der Waals surface area contributed by atoms with Gasteiger partial charge in [0.05, 0.1) is 112 Å². The number of anilines is 3. The number of hydrogen-bond donors (Lipinski definition) is 10. The predicted octanol–water partition coefficient (Wildman–Crippen LogP) is 15.7. The van der Waals surface area contributed by atoms with Gasteiger partial charge in [0.1, 0.15) is 34.5 Å². The maximum atomic E-state index is 14.0. The largest absolute Gasteiger partial charge is 0.396 e. The molecule has 3 saturated heterocycles. The third-order valence-electron chi connectivity index (χ3n) is 20.5. The summed E-state index contributed by atoms with van der Waals surface area (Å²) in [5.41, 5.74) is 9.86. The highest BCUT2D eigenvalue weighted by Gasteiger charge is 2.46. The van der Waals surface area contributed by atoms with Crippen LogP contribution in [0.3, 0.4) is 0 Å². The minimum absolute atomic E-state index is 0. The summed E-state index contributed by atoms with van der Waals surface area (Å²) in [6.45, 7) is 27.0. The third-order valence-corrected chi connectivity index (χ3v) is 23.8. The fourth-order valence-corrected chi connectivity index (χ4v) is 16.1. The zero-order valence-electron chi connectivity index (χ0n) is 69.5. The molecule has 9 aromatic rings. The molecule has 3 fully saturated rings. The normalized spacial score (nSPS) is 16.6. The second-order valence-electron chi connectivity index (χ2n) is 32.4. The maximum Gasteiger partial charge on any atom is 0.270 e. The van der Waals surface area contributed by atoms with E-state index < -0.39 is 22.4 Å². The Hall–Kier alpha value is -7.56. The van der Waals surface area contributed by atoms with E-state index in [9.17, 15) is 39.9 Å². The molecule has 32 heteroatoms. The van der Waals surface area contributed by atoms with Gasteiger partial charge in [-0.1, -0.05) is 147 Å². The van der Waals surface area contributed by atoms with Crippen LogP contribution in [0.25, 0.3) is 33.4 Å². The molecular weight excluding hydrogens is 1760 g/mol. The van der Waals surface area contributed by atoms with E-state index in [1.807, 2.05) is 188 Å². The Morgan fingerprint density at radius 3 is 1.26 bits per heavy atom. The average molecular weight is 1880 g/mol. The Bertz CT molecular complexity index is 4830. The molecule has 3 aromatic carbocycles. The number of aliphatic hydroxyl groups excluding tert-OH is 5. The van der Waals surface area contributed by atoms with Crippen LogP contribution >= 0.6 is 79.1 Å². The van der Waals surface area contributed by atoms with Crippen molar-refractivity contribution in [3.05, 3.63) is 212 Å². The lowest BCUT2D eigenvalue weighted by Crippen LogP contribution is -2.53. The summed E-state index contributed by atoms with van der Waals surface area (Å²) >= 11 is 26.3. The second kappa shape index (κ2) is 45.4. The number of pyridine rings is 3. The molecule has 5 aliphatic rings. The van der Waals surface area contributed by atoms with Crippen LogP contribution in [0, 0.1) is 16.2 Å². The van der Waals surface area contributed by atoms with E-state index in [0.29, 0.717) is 77.4 Å². The lowest BCUT2D eigenvalue weighted by Gasteiger charge is -2.44. The van der Waals surface area contributed by atoms with Crippen molar-refractivity contribution in [1.29, 1.82) is 0 Å². The predicted molar refractivity (Wildman–Crippen MR) is 485 cm³/mol. The number of nitrogens with zero attached hydrogens (tertiary/aromatic N) is 7. The van der Waals surface area contributed by atoms with Gasteiger partial charge in [0.15, 0.2) is 11.6 Å². The molecule has 658 valence electrons. The van der Waals surface area contributed by atoms with Gasteiger partial charge in [-0.15, -0.1) is 12.4 Å². The molecule has 0 aliphatic carbocycles. The van der Waals surface area contributed by atoms with E-state index in [4.69, 9.17) is 63.2 Å². The molecule has 10 N–H and O–H groups in total. The Morgan fingerprint density at radius 2 is 0.876 bits per heavy atom. The Balaban J connectivity index is 0.000000204. The number of fused-ring (bicyclic) bond motifs is 2. The third kappa shape index (κ3) is 26.7. The molecule has 0 saturated carbocycles. The van der Waals surface area contributed by atoms with Crippen LogP contribution in [-0.4, -0.2) is 202 Å². The van der Waals surface area contributed by atoms with Crippen molar-refractivity contribution in [1.82, 2.24) is 44.2 Å². The van der Waals surface area contributed by atoms with Gasteiger partial charge < -0.3 is 99.1 Å². The number of halogens is 6. The number of aromatic amines is 1. The van der Waals surface area contributed by atoms with E-state index >= 15 is 0 Å². The summed E-state index contributed by atoms with van der Waals surface area (Å²) in [5, 5.41) is 65.5. The first-order valence-electron chi connectivity index (χ1n) is 39.7. The minimum Gasteiger partial charge on any atom is -0.396 e. The van der Waals surface area contributed by atoms with Crippen LogP contribution in [0.5, 0.6) is 0 Å². The van der Waals surface area contributed by atoms with Gasteiger partial charge in [-0.3, -0.25) is 14.4 Å². The SMILES string of the molecule is C.C1COCCO1.CC(C)Nc1cc(-c2c[nH]c(C(=O)NCc3ccccc3CO)c2)c(Cl)cn1.CC(C)Nc1cc(-c2cc3n(c2)CC(CO)(CO)CN(Cc2ccccc2CO)C3=O)c(Cl)cn1.CC(C)Nc1cc(-c2cc3n(c2)CC2(COC(C)(C)OC2)CN(Cc2ccccc2CO)C3=O)c(Cl)cn1.CC1(C)OCC(CBr)(CBr)CO1.Cl. The smallest absolute Gasteiger partial charge is 0.270 e. The van der Waals surface area contributed by atoms with Gasteiger partial charge >= 0.3 is 0 Å². The highest BCUT2D eigenvalue weighted by atomic mass is 79.9. The standard InChI is InChI=1S/C29H35ClN4O4.C26H31ClN4O4.C21H23ClN4O2.C8H14Br2O2.C4H8O2.CH4.ClH/c1-19(2)32-26-10-23(24(30)11-31-26)22-9-25-27(36)34(12-20-7-5-6-8-21(20)14-35)16-29(15-33(25)13-22)17-37-28(3,4)38-18-29;1-17(2)29-24-8-21(22(27)9-28-24)20-7-23-25(35)31(10-18-5-3-4-6-19(18)12-32)14-26(15-33,16-34)13-30(23)11-20;1-13(2)26-20-8-17(18(22)11-24-20)16-7-19(23-10-16)21(28)25-9-14-5-3-4-6-15(14)12-27;1-7(2)11-5-8(3-9,4-10)6-12-7;1-2-6-4-3-5-1;;/h5-11,13,19,35H,12,14-18H2,1-4H3,(H,31,32);3-9,11,17,32-34H,10,12-16H2,1-2H3,(H,28,29);3-8,10-11,13,23,27H,9,12H2,1-2H3,(H,24,26)(H,25,28);3-6H2,1-2H3;1-4H2;1H4;1H. The number of aliphatic hydroxyl groups is 5. The maximum absolute atomic E-state index is 14.0. The lowest BCUT2D eigenvalue weighted by atomic mass is 9.87. The Labute approximate surface area is 747 Å². The molecule has 26 nitrogen and oxygen atoms in total. The van der Waals surface area contributed by atoms with Crippen LogP contribution in [0.2, 0.25) is 15.1 Å². The number of rotatable bonds is 23. The summed E-state index contributed by atoms with van der Waals surface area (Å²) in [6.07, 6.45) is 10.4. The molecular formula is C89H116Br2Cl4N12O14. The van der Waals surface area contributed by atoms with Crippen LogP contribution in [0.4, 0.5) is 17.5 Å². The van der Waals surface area contributed by atoms with Crippen LogP contribution < -0.4 is 21.3 Å². The van der Waals surface area contributed by atoms with Gasteiger partial charge in [-0.25, -0.2) is 15.0 Å². The number of ether oxygens (including phenoxy) is 6. The molecule has 121 heavy (non-hydrogen) atoms. The van der Waals surface area contributed by atoms with Gasteiger partial charge in [0.2, 0.25) is 0 Å². The summed E-state index contributed by atoms with van der Waals surface area (Å²) in [7, 11) is 0. The van der Waals surface area contributed by atoms with Crippen LogP contribution in [0.1, 0.15) is 142 Å². The van der Waals surface area contributed by atoms with E-state index in [-0.39, 0.29) is 114 Å².